The molecule has 4 nitrogen and oxygen atoms in total. The van der Waals surface area contributed by atoms with Gasteiger partial charge in [-0.25, -0.2) is 4.39 Å². The van der Waals surface area contributed by atoms with Crippen LogP contribution in [0.2, 0.25) is 0 Å². The predicted octanol–water partition coefficient (Wildman–Crippen LogP) is 6.34. The van der Waals surface area contributed by atoms with E-state index in [1.54, 1.807) is 6.07 Å². The van der Waals surface area contributed by atoms with Gasteiger partial charge in [0, 0.05) is 10.0 Å². The molecule has 0 heterocycles. The van der Waals surface area contributed by atoms with Gasteiger partial charge in [-0.15, -0.1) is 0 Å². The normalized spacial score (nSPS) is 16.0. The molecule has 0 saturated carbocycles. The summed E-state index contributed by atoms with van der Waals surface area (Å²) in [7, 11) is -9.86. The highest BCUT2D eigenvalue weighted by atomic mass is 79.9. The lowest BCUT2D eigenvalue weighted by Crippen LogP contribution is -2.49. The minimum absolute atomic E-state index is 0.0908. The molecule has 0 aromatic heterocycles. The second kappa shape index (κ2) is 6.84. The zero-order valence-electron chi connectivity index (χ0n) is 14.6. The topological polar surface area (TPSA) is 62.1 Å². The summed E-state index contributed by atoms with van der Waals surface area (Å²) in [5, 5.41) is 11.5. The maximum atomic E-state index is 13.7. The van der Waals surface area contributed by atoms with Crippen LogP contribution < -0.4 is 10.1 Å². The summed E-state index contributed by atoms with van der Waals surface area (Å²) < 4.78 is 83.1. The molecule has 1 unspecified atom stereocenters. The highest BCUT2D eigenvalue weighted by Gasteiger charge is 2.65. The summed E-state index contributed by atoms with van der Waals surface area (Å²) in [6, 6.07) is 6.89. The van der Waals surface area contributed by atoms with Crippen LogP contribution in [0.1, 0.15) is 17.3 Å². The number of hydrogen-bond acceptors (Lipinski definition) is 3. The molecule has 0 aliphatic carbocycles. The number of halogens is 7. The van der Waals surface area contributed by atoms with Crippen molar-refractivity contribution < 1.29 is 33.4 Å². The number of nitrogens with one attached hydrogen (secondary N) is 1. The summed E-state index contributed by atoms with van der Waals surface area (Å²) >= 11 is 3.12. The molecule has 2 aromatic carbocycles. The number of carbonyl (C=O) groups is 1. The van der Waals surface area contributed by atoms with Crippen LogP contribution in [0.3, 0.4) is 0 Å². The van der Waals surface area contributed by atoms with Crippen molar-refractivity contribution in [3.8, 4) is 11.8 Å². The van der Waals surface area contributed by atoms with Crippen LogP contribution in [-0.2, 0) is 0 Å². The van der Waals surface area contributed by atoms with E-state index in [2.05, 4.69) is 21.2 Å². The van der Waals surface area contributed by atoms with Crippen molar-refractivity contribution >= 4 is 32.1 Å². The Hall–Kier alpha value is -2.39. The fraction of sp³-hybridized carbons (Fsp3) is 0.176. The molecule has 0 saturated heterocycles. The smallest absolute Gasteiger partial charge is 0.310 e. The first kappa shape index (κ1) is 22.9. The van der Waals surface area contributed by atoms with Crippen molar-refractivity contribution in [2.45, 2.75) is 17.4 Å². The summed E-state index contributed by atoms with van der Waals surface area (Å²) in [6.07, 6.45) is 0. The van der Waals surface area contributed by atoms with E-state index in [1.807, 2.05) is 0 Å². The molecule has 1 N–H and O–H groups in total. The van der Waals surface area contributed by atoms with Crippen molar-refractivity contribution in [3.63, 3.8) is 0 Å². The number of rotatable bonds is 6. The van der Waals surface area contributed by atoms with Crippen LogP contribution in [0.4, 0.5) is 23.8 Å². The number of nitriles is 1. The van der Waals surface area contributed by atoms with Gasteiger partial charge in [0.15, 0.2) is 17.1 Å². The van der Waals surface area contributed by atoms with Crippen molar-refractivity contribution in [1.29, 1.82) is 5.26 Å². The van der Waals surface area contributed by atoms with E-state index in [0.717, 1.165) is 6.07 Å². The summed E-state index contributed by atoms with van der Waals surface area (Å²) in [4.78, 5) is 10.1. The standard InChI is InChI=1S/C17H13BrF6N2O2S/c1-17(9-25,10-28-15-8-12(18)4-7-14(15)19)26-16(27)11-2-5-13(6-3-11)29(20,21,22,23)24/h2-8H,10H2,1H3,(H,26,27). The Balaban J connectivity index is 2.15. The highest BCUT2D eigenvalue weighted by molar-refractivity contribution is 9.10. The zero-order valence-corrected chi connectivity index (χ0v) is 17.0. The van der Waals surface area contributed by atoms with Crippen molar-refractivity contribution in [2.24, 2.45) is 0 Å². The molecule has 0 bridgehead atoms. The molecule has 0 aliphatic heterocycles. The second-order valence-electron chi connectivity index (χ2n) is 6.25. The van der Waals surface area contributed by atoms with Gasteiger partial charge >= 0.3 is 10.2 Å². The molecule has 12 heteroatoms. The van der Waals surface area contributed by atoms with E-state index in [-0.39, 0.29) is 23.4 Å². The van der Waals surface area contributed by atoms with E-state index in [9.17, 15) is 33.9 Å². The number of amides is 1. The maximum Gasteiger partial charge on any atom is 0.310 e. The fourth-order valence-corrected chi connectivity index (χ4v) is 3.08. The van der Waals surface area contributed by atoms with Crippen LogP contribution in [0.25, 0.3) is 0 Å². The molecule has 0 fully saturated rings. The maximum absolute atomic E-state index is 13.7. The third kappa shape index (κ3) is 6.04. The minimum Gasteiger partial charge on any atom is -0.487 e. The monoisotopic (exact) mass is 502 g/mol. The van der Waals surface area contributed by atoms with E-state index < -0.39 is 39.0 Å². The molecular weight excluding hydrogens is 490 g/mol. The van der Waals surface area contributed by atoms with Gasteiger partial charge in [0.2, 0.25) is 0 Å². The lowest BCUT2D eigenvalue weighted by molar-refractivity contribution is 0.0900. The number of benzene rings is 2. The SMILES string of the molecule is CC(C#N)(COc1cc(Br)ccc1F)NC(=O)c1ccc(S(F)(F)(F)(F)F)cc1. The predicted molar refractivity (Wildman–Crippen MR) is 98.9 cm³/mol. The fourth-order valence-electron chi connectivity index (χ4n) is 2.09. The Morgan fingerprint density at radius 1 is 1.17 bits per heavy atom. The first-order chi connectivity index (χ1) is 13.0. The van der Waals surface area contributed by atoms with Gasteiger partial charge in [0.1, 0.15) is 11.5 Å². The molecule has 2 rings (SSSR count). The Bertz CT molecular complexity index is 993. The van der Waals surface area contributed by atoms with Crippen molar-refractivity contribution in [2.75, 3.05) is 6.61 Å². The third-order valence-corrected chi connectivity index (χ3v) is 5.26. The average molecular weight is 503 g/mol. The average Bonchev–Trinajstić information content (AvgIpc) is 2.60. The van der Waals surface area contributed by atoms with Crippen LogP contribution in [0.15, 0.2) is 51.8 Å². The highest BCUT2D eigenvalue weighted by Crippen LogP contribution is 3.02. The molecule has 0 aliphatic rings. The van der Waals surface area contributed by atoms with Gasteiger partial charge in [-0.1, -0.05) is 35.4 Å². The number of nitrogens with zero attached hydrogens (tertiary/aromatic N) is 1. The van der Waals surface area contributed by atoms with Gasteiger partial charge in [-0.2, -0.15) is 5.26 Å². The second-order valence-corrected chi connectivity index (χ2v) is 9.58. The van der Waals surface area contributed by atoms with E-state index >= 15 is 0 Å². The molecule has 29 heavy (non-hydrogen) atoms. The van der Waals surface area contributed by atoms with Crippen LogP contribution in [0, 0.1) is 17.1 Å². The Kier molecular flexibility index (Phi) is 5.40. The first-order valence-corrected chi connectivity index (χ1v) is 10.4. The molecule has 1 amide bonds. The molecule has 0 radical (unpaired) electrons. The van der Waals surface area contributed by atoms with E-state index in [4.69, 9.17) is 4.74 Å². The van der Waals surface area contributed by atoms with E-state index in [1.165, 1.54) is 19.1 Å². The first-order valence-electron chi connectivity index (χ1n) is 7.69. The van der Waals surface area contributed by atoms with Crippen LogP contribution >= 0.6 is 26.2 Å². The van der Waals surface area contributed by atoms with Crippen LogP contribution in [-0.4, -0.2) is 18.1 Å². The van der Waals surface area contributed by atoms with Gasteiger partial charge in [0.05, 0.1) is 6.07 Å². The van der Waals surface area contributed by atoms with E-state index in [0.29, 0.717) is 16.6 Å². The minimum atomic E-state index is -9.86. The molecule has 0 spiro atoms. The number of ether oxygens (including phenoxy) is 1. The molecular formula is C17H13BrF6N2O2S. The molecule has 1 atom stereocenters. The van der Waals surface area contributed by atoms with Crippen molar-refractivity contribution in [3.05, 3.63) is 58.3 Å². The Morgan fingerprint density at radius 2 is 1.76 bits per heavy atom. The van der Waals surface area contributed by atoms with Gasteiger partial charge < -0.3 is 10.1 Å². The van der Waals surface area contributed by atoms with Crippen LogP contribution in [0.5, 0.6) is 5.75 Å². The largest absolute Gasteiger partial charge is 0.487 e. The third-order valence-electron chi connectivity index (χ3n) is 3.61. The Morgan fingerprint density at radius 3 is 2.28 bits per heavy atom. The zero-order chi connectivity index (χ0) is 22.2. The summed E-state index contributed by atoms with van der Waals surface area (Å²) in [5.41, 5.74) is -2.07. The Labute approximate surface area is 170 Å². The number of carbonyl (C=O) groups excluding carboxylic acids is 1. The quantitative estimate of drug-likeness (QED) is 0.469. The lowest BCUT2D eigenvalue weighted by Gasteiger charge is -2.40. The molecule has 158 valence electrons. The summed E-state index contributed by atoms with van der Waals surface area (Å²) in [6.45, 7) is 0.746. The van der Waals surface area contributed by atoms with Crippen molar-refractivity contribution in [1.82, 2.24) is 5.32 Å². The van der Waals surface area contributed by atoms with Gasteiger partial charge in [-0.3, -0.25) is 4.79 Å². The lowest BCUT2D eigenvalue weighted by atomic mass is 10.1. The van der Waals surface area contributed by atoms with Gasteiger partial charge in [-0.05, 0) is 49.4 Å². The van der Waals surface area contributed by atoms with Gasteiger partial charge in [0.25, 0.3) is 5.91 Å². The molecule has 2 aromatic rings. The number of hydrogen-bond donors (Lipinski definition) is 1. The summed E-state index contributed by atoms with van der Waals surface area (Å²) in [5.74, 6) is -1.91.